The minimum atomic E-state index is -0.209. The molecule has 36 heavy (non-hydrogen) atoms. The van der Waals surface area contributed by atoms with E-state index < -0.39 is 0 Å². The Morgan fingerprint density at radius 1 is 0.861 bits per heavy atom. The van der Waals surface area contributed by atoms with Crippen LogP contribution >= 0.6 is 0 Å². The van der Waals surface area contributed by atoms with E-state index in [4.69, 9.17) is 4.74 Å². The fourth-order valence-electron chi connectivity index (χ4n) is 4.55. The molecule has 0 saturated carbocycles. The molecule has 4 aromatic carbocycles. The summed E-state index contributed by atoms with van der Waals surface area (Å²) in [7, 11) is 1.79. The quantitative estimate of drug-likeness (QED) is 0.282. The van der Waals surface area contributed by atoms with Crippen molar-refractivity contribution in [1.82, 2.24) is 9.88 Å². The van der Waals surface area contributed by atoms with Crippen molar-refractivity contribution in [3.05, 3.63) is 124 Å². The summed E-state index contributed by atoms with van der Waals surface area (Å²) in [4.78, 5) is 31.6. The first-order chi connectivity index (χ1) is 17.5. The van der Waals surface area contributed by atoms with E-state index >= 15 is 0 Å². The van der Waals surface area contributed by atoms with Gasteiger partial charge in [-0.1, -0.05) is 66.7 Å². The van der Waals surface area contributed by atoms with Crippen molar-refractivity contribution < 1.29 is 9.53 Å². The Kier molecular flexibility index (Phi) is 6.54. The average Bonchev–Trinajstić information content (AvgIpc) is 2.92. The van der Waals surface area contributed by atoms with Gasteiger partial charge in [-0.15, -0.1) is 0 Å². The van der Waals surface area contributed by atoms with Gasteiger partial charge in [-0.3, -0.25) is 9.59 Å². The lowest BCUT2D eigenvalue weighted by Gasteiger charge is -2.24. The second kappa shape index (κ2) is 10.1. The molecule has 0 spiro atoms. The maximum atomic E-state index is 13.5. The molecule has 1 heterocycles. The minimum absolute atomic E-state index is 0.0765. The highest BCUT2D eigenvalue weighted by atomic mass is 16.5. The molecule has 0 aliphatic carbocycles. The van der Waals surface area contributed by atoms with Crippen molar-refractivity contribution in [2.45, 2.75) is 19.4 Å². The smallest absolute Gasteiger partial charge is 0.255 e. The summed E-state index contributed by atoms with van der Waals surface area (Å²) >= 11 is 0. The van der Waals surface area contributed by atoms with Crippen molar-refractivity contribution in [3.63, 3.8) is 0 Å². The van der Waals surface area contributed by atoms with E-state index in [2.05, 4.69) is 4.98 Å². The van der Waals surface area contributed by atoms with Crippen molar-refractivity contribution in [2.24, 2.45) is 0 Å². The molecule has 1 atom stereocenters. The number of benzene rings is 4. The van der Waals surface area contributed by atoms with Crippen LogP contribution in [0.3, 0.4) is 0 Å². The molecule has 5 rings (SSSR count). The van der Waals surface area contributed by atoms with Crippen molar-refractivity contribution in [3.8, 4) is 5.75 Å². The second-order valence-corrected chi connectivity index (χ2v) is 9.03. The number of hydrogen-bond acceptors (Lipinski definition) is 3. The van der Waals surface area contributed by atoms with Gasteiger partial charge in [0, 0.05) is 36.3 Å². The van der Waals surface area contributed by atoms with E-state index in [1.807, 2.05) is 79.7 Å². The number of H-pyrrole nitrogens is 1. The number of ether oxygens (including phenoxy) is 1. The lowest BCUT2D eigenvalue weighted by Crippen LogP contribution is -2.30. The summed E-state index contributed by atoms with van der Waals surface area (Å²) in [6, 6.07) is 30.7. The van der Waals surface area contributed by atoms with Gasteiger partial charge in [0.25, 0.3) is 5.91 Å². The van der Waals surface area contributed by atoms with Crippen LogP contribution in [0.4, 0.5) is 0 Å². The van der Waals surface area contributed by atoms with Crippen LogP contribution in [0.5, 0.6) is 5.75 Å². The van der Waals surface area contributed by atoms with Gasteiger partial charge in [0.05, 0.1) is 11.1 Å². The third-order valence-corrected chi connectivity index (χ3v) is 6.58. The molecular formula is C31H28N2O3. The number of fused-ring (bicyclic) bond motifs is 2. The minimum Gasteiger partial charge on any atom is -0.485 e. The number of pyridine rings is 1. The third-order valence-electron chi connectivity index (χ3n) is 6.58. The number of aryl methyl sites for hydroxylation is 1. The topological polar surface area (TPSA) is 62.4 Å². The summed E-state index contributed by atoms with van der Waals surface area (Å²) in [5.41, 5.74) is 3.81. The number of carbonyl (C=O) groups is 1. The van der Waals surface area contributed by atoms with Crippen LogP contribution in [-0.2, 0) is 0 Å². The van der Waals surface area contributed by atoms with E-state index in [1.54, 1.807) is 36.2 Å². The van der Waals surface area contributed by atoms with Gasteiger partial charge in [0.2, 0.25) is 0 Å². The van der Waals surface area contributed by atoms with Crippen LogP contribution in [0.1, 0.15) is 34.0 Å². The molecule has 5 heteroatoms. The standard InChI is InChI=1S/C31H28N2O3/c1-21-11-6-9-18-27(21)36-28(22-12-4-3-5-13-22)19-20-33(2)31(35)25-16-10-15-24-29(25)32-26-17-8-7-14-23(26)30(24)34/h3-18,28H,19-20H2,1-2H3,(H,32,34). The number of nitrogens with zero attached hydrogens (tertiary/aromatic N) is 1. The summed E-state index contributed by atoms with van der Waals surface area (Å²) in [5.74, 6) is 0.688. The number of rotatable bonds is 7. The van der Waals surface area contributed by atoms with Crippen molar-refractivity contribution in [1.29, 1.82) is 0 Å². The monoisotopic (exact) mass is 476 g/mol. The number of carbonyl (C=O) groups excluding carboxylic acids is 1. The van der Waals surface area contributed by atoms with Gasteiger partial charge in [-0.25, -0.2) is 0 Å². The van der Waals surface area contributed by atoms with Crippen LogP contribution in [-0.4, -0.2) is 29.4 Å². The second-order valence-electron chi connectivity index (χ2n) is 9.03. The predicted octanol–water partition coefficient (Wildman–Crippen LogP) is 6.27. The zero-order valence-corrected chi connectivity index (χ0v) is 20.4. The van der Waals surface area contributed by atoms with Crippen LogP contribution in [0.2, 0.25) is 0 Å². The molecule has 1 N–H and O–H groups in total. The van der Waals surface area contributed by atoms with Gasteiger partial charge >= 0.3 is 0 Å². The number of aromatic amines is 1. The zero-order chi connectivity index (χ0) is 25.1. The molecule has 1 unspecified atom stereocenters. The molecule has 0 aliphatic heterocycles. The summed E-state index contributed by atoms with van der Waals surface area (Å²) in [6.07, 6.45) is 0.406. The first-order valence-electron chi connectivity index (χ1n) is 12.1. The molecule has 0 bridgehead atoms. The molecule has 180 valence electrons. The normalized spacial score (nSPS) is 11.9. The van der Waals surface area contributed by atoms with E-state index in [-0.39, 0.29) is 17.4 Å². The van der Waals surface area contributed by atoms with Crippen molar-refractivity contribution >= 4 is 27.7 Å². The largest absolute Gasteiger partial charge is 0.485 e. The number of amides is 1. The maximum Gasteiger partial charge on any atom is 0.255 e. The molecule has 0 aliphatic rings. The van der Waals surface area contributed by atoms with Crippen LogP contribution in [0.15, 0.2) is 102 Å². The molecule has 0 fully saturated rings. The van der Waals surface area contributed by atoms with Crippen molar-refractivity contribution in [2.75, 3.05) is 13.6 Å². The average molecular weight is 477 g/mol. The first kappa shape index (κ1) is 23.4. The molecule has 0 radical (unpaired) electrons. The third kappa shape index (κ3) is 4.60. The van der Waals surface area contributed by atoms with Gasteiger partial charge in [0.15, 0.2) is 5.43 Å². The lowest BCUT2D eigenvalue weighted by atomic mass is 10.0. The SMILES string of the molecule is Cc1ccccc1OC(CCN(C)C(=O)c1cccc2c(=O)c3ccccc3[nH]c12)c1ccccc1. The van der Waals surface area contributed by atoms with E-state index in [9.17, 15) is 9.59 Å². The highest BCUT2D eigenvalue weighted by molar-refractivity contribution is 6.07. The molecule has 1 amide bonds. The van der Waals surface area contributed by atoms with Gasteiger partial charge in [-0.2, -0.15) is 0 Å². The summed E-state index contributed by atoms with van der Waals surface area (Å²) in [6.45, 7) is 2.51. The van der Waals surface area contributed by atoms with Crippen LogP contribution < -0.4 is 10.2 Å². The van der Waals surface area contributed by atoms with E-state index in [0.717, 1.165) is 16.9 Å². The predicted molar refractivity (Wildman–Crippen MR) is 145 cm³/mol. The molecule has 0 saturated heterocycles. The highest BCUT2D eigenvalue weighted by Crippen LogP contribution is 2.28. The zero-order valence-electron chi connectivity index (χ0n) is 20.4. The Morgan fingerprint density at radius 2 is 1.56 bits per heavy atom. The molecular weight excluding hydrogens is 448 g/mol. The van der Waals surface area contributed by atoms with Crippen LogP contribution in [0, 0.1) is 6.92 Å². The molecule has 5 nitrogen and oxygen atoms in total. The van der Waals surface area contributed by atoms with E-state index in [0.29, 0.717) is 40.3 Å². The molecule has 1 aromatic heterocycles. The van der Waals surface area contributed by atoms with Gasteiger partial charge < -0.3 is 14.6 Å². The van der Waals surface area contributed by atoms with E-state index in [1.165, 1.54) is 0 Å². The Bertz CT molecular complexity index is 1590. The Morgan fingerprint density at radius 3 is 2.36 bits per heavy atom. The van der Waals surface area contributed by atoms with Gasteiger partial charge in [-0.05, 0) is 48.4 Å². The number of hydrogen-bond donors (Lipinski definition) is 1. The lowest BCUT2D eigenvalue weighted by molar-refractivity contribution is 0.0772. The summed E-state index contributed by atoms with van der Waals surface area (Å²) < 4.78 is 6.42. The highest BCUT2D eigenvalue weighted by Gasteiger charge is 2.20. The molecule has 5 aromatic rings. The fourth-order valence-corrected chi connectivity index (χ4v) is 4.55. The Hall–Kier alpha value is -4.38. The van der Waals surface area contributed by atoms with Crippen LogP contribution in [0.25, 0.3) is 21.8 Å². The number of aromatic nitrogens is 1. The first-order valence-corrected chi connectivity index (χ1v) is 12.1. The summed E-state index contributed by atoms with van der Waals surface area (Å²) in [5, 5.41) is 1.13. The number of nitrogens with one attached hydrogen (secondary N) is 1. The Labute approximate surface area is 210 Å². The fraction of sp³-hybridized carbons (Fsp3) is 0.161. The number of para-hydroxylation sites is 3. The maximum absolute atomic E-state index is 13.5. The van der Waals surface area contributed by atoms with Gasteiger partial charge in [0.1, 0.15) is 11.9 Å². The Balaban J connectivity index is 1.41.